The topological polar surface area (TPSA) is 124 Å². The molecule has 0 saturated heterocycles. The van der Waals surface area contributed by atoms with Gasteiger partial charge in [-0.2, -0.15) is 0 Å². The molecule has 0 heterocycles. The monoisotopic (exact) mass is 549 g/mol. The molecule has 0 aliphatic rings. The summed E-state index contributed by atoms with van der Waals surface area (Å²) in [5.41, 5.74) is 1.76. The highest BCUT2D eigenvalue weighted by atomic mass is 16.5. The number of hydrogen-bond acceptors (Lipinski definition) is 7. The number of amides is 3. The number of methoxy groups -OCH3 is 3. The van der Waals surface area contributed by atoms with Crippen molar-refractivity contribution in [1.29, 1.82) is 0 Å². The van der Waals surface area contributed by atoms with E-state index in [1.807, 2.05) is 37.3 Å². The van der Waals surface area contributed by atoms with E-state index in [-0.39, 0.29) is 30.3 Å². The second-order valence-electron chi connectivity index (χ2n) is 8.68. The predicted molar refractivity (Wildman–Crippen MR) is 151 cm³/mol. The molecule has 0 saturated carbocycles. The fourth-order valence-electron chi connectivity index (χ4n) is 3.96. The molecule has 1 atom stereocenters. The molecule has 3 aromatic carbocycles. The lowest BCUT2D eigenvalue weighted by Crippen LogP contribution is -2.46. The maximum Gasteiger partial charge on any atom is 0.251 e. The zero-order valence-corrected chi connectivity index (χ0v) is 23.1. The van der Waals surface area contributed by atoms with Crippen molar-refractivity contribution in [3.63, 3.8) is 0 Å². The van der Waals surface area contributed by atoms with Crippen LogP contribution in [0.3, 0.4) is 0 Å². The zero-order chi connectivity index (χ0) is 28.9. The van der Waals surface area contributed by atoms with E-state index in [4.69, 9.17) is 18.9 Å². The maximum atomic E-state index is 13.1. The normalized spacial score (nSPS) is 11.1. The first-order chi connectivity index (χ1) is 19.4. The second kappa shape index (κ2) is 15.0. The summed E-state index contributed by atoms with van der Waals surface area (Å²) in [4.78, 5) is 38.7. The number of hydrogen-bond donors (Lipinski definition) is 3. The summed E-state index contributed by atoms with van der Waals surface area (Å²) in [5, 5.41) is 8.36. The van der Waals surface area contributed by atoms with E-state index in [1.54, 1.807) is 24.3 Å². The highest BCUT2D eigenvalue weighted by molar-refractivity contribution is 5.98. The SMILES string of the molecule is CCOc1ccc(NC(=O)C(Cc2ccccc2)NC(=O)CCNC(=O)c2cc(OC)c(OC)c(OC)c2)cc1. The van der Waals surface area contributed by atoms with Crippen molar-refractivity contribution in [2.45, 2.75) is 25.8 Å². The minimum absolute atomic E-state index is 0.0300. The van der Waals surface area contributed by atoms with Gasteiger partial charge in [0.2, 0.25) is 17.6 Å². The number of benzene rings is 3. The summed E-state index contributed by atoms with van der Waals surface area (Å²) in [5.74, 6) is 0.591. The number of carbonyl (C=O) groups is 3. The van der Waals surface area contributed by atoms with Gasteiger partial charge in [0.05, 0.1) is 27.9 Å². The Morgan fingerprint density at radius 3 is 2.08 bits per heavy atom. The van der Waals surface area contributed by atoms with E-state index in [1.165, 1.54) is 33.5 Å². The first kappa shape index (κ1) is 29.8. The summed E-state index contributed by atoms with van der Waals surface area (Å²) in [7, 11) is 4.39. The Labute approximate surface area is 234 Å². The Bertz CT molecular complexity index is 1260. The van der Waals surface area contributed by atoms with Crippen LogP contribution in [0.4, 0.5) is 5.69 Å². The van der Waals surface area contributed by atoms with Crippen LogP contribution in [0.1, 0.15) is 29.3 Å². The van der Waals surface area contributed by atoms with Gasteiger partial charge in [-0.25, -0.2) is 0 Å². The second-order valence-corrected chi connectivity index (χ2v) is 8.68. The highest BCUT2D eigenvalue weighted by Crippen LogP contribution is 2.38. The summed E-state index contributed by atoms with van der Waals surface area (Å²) < 4.78 is 21.3. The molecule has 0 radical (unpaired) electrons. The lowest BCUT2D eigenvalue weighted by molar-refractivity contribution is -0.126. The molecule has 212 valence electrons. The lowest BCUT2D eigenvalue weighted by atomic mass is 10.0. The van der Waals surface area contributed by atoms with Crippen LogP contribution in [0, 0.1) is 0 Å². The molecule has 0 aliphatic carbocycles. The lowest BCUT2D eigenvalue weighted by Gasteiger charge is -2.19. The number of rotatable bonds is 14. The van der Waals surface area contributed by atoms with Crippen LogP contribution in [0.2, 0.25) is 0 Å². The Morgan fingerprint density at radius 2 is 1.50 bits per heavy atom. The molecule has 0 bridgehead atoms. The molecule has 3 N–H and O–H groups in total. The minimum atomic E-state index is -0.827. The standard InChI is InChI=1S/C30H35N3O7/c1-5-40-23-13-11-22(12-14-23)32-30(36)24(17-20-9-7-6-8-10-20)33-27(34)15-16-31-29(35)21-18-25(37-2)28(39-4)26(19-21)38-3/h6-14,18-19,24H,5,15-17H2,1-4H3,(H,31,35)(H,32,36)(H,33,34). The van der Waals surface area contributed by atoms with Gasteiger partial charge in [0.25, 0.3) is 5.91 Å². The smallest absolute Gasteiger partial charge is 0.251 e. The quantitative estimate of drug-likeness (QED) is 0.281. The molecule has 10 heteroatoms. The number of carbonyl (C=O) groups excluding carboxylic acids is 3. The van der Waals surface area contributed by atoms with Crippen molar-refractivity contribution in [2.24, 2.45) is 0 Å². The summed E-state index contributed by atoms with van der Waals surface area (Å²) in [6, 6.07) is 18.6. The van der Waals surface area contributed by atoms with Crippen molar-refractivity contribution in [1.82, 2.24) is 10.6 Å². The molecule has 0 aromatic heterocycles. The molecule has 3 rings (SSSR count). The van der Waals surface area contributed by atoms with Crippen LogP contribution in [0.25, 0.3) is 0 Å². The van der Waals surface area contributed by atoms with Gasteiger partial charge in [0.15, 0.2) is 11.5 Å². The molecular weight excluding hydrogens is 514 g/mol. The van der Waals surface area contributed by atoms with Crippen LogP contribution < -0.4 is 34.9 Å². The predicted octanol–water partition coefficient (Wildman–Crippen LogP) is 3.60. The van der Waals surface area contributed by atoms with E-state index >= 15 is 0 Å². The average molecular weight is 550 g/mol. The first-order valence-corrected chi connectivity index (χ1v) is 12.8. The Balaban J connectivity index is 1.62. The van der Waals surface area contributed by atoms with Gasteiger partial charge >= 0.3 is 0 Å². The van der Waals surface area contributed by atoms with Gasteiger partial charge in [-0.3, -0.25) is 14.4 Å². The van der Waals surface area contributed by atoms with Crippen LogP contribution in [-0.4, -0.2) is 58.2 Å². The zero-order valence-electron chi connectivity index (χ0n) is 23.1. The van der Waals surface area contributed by atoms with E-state index in [2.05, 4.69) is 16.0 Å². The van der Waals surface area contributed by atoms with Crippen molar-refractivity contribution >= 4 is 23.4 Å². The first-order valence-electron chi connectivity index (χ1n) is 12.8. The van der Waals surface area contributed by atoms with Gasteiger partial charge in [0, 0.05) is 30.6 Å². The van der Waals surface area contributed by atoms with E-state index < -0.39 is 11.9 Å². The number of nitrogens with one attached hydrogen (secondary N) is 3. The third kappa shape index (κ3) is 8.39. The highest BCUT2D eigenvalue weighted by Gasteiger charge is 2.22. The van der Waals surface area contributed by atoms with Crippen molar-refractivity contribution in [2.75, 3.05) is 39.8 Å². The van der Waals surface area contributed by atoms with Crippen LogP contribution >= 0.6 is 0 Å². The Hall–Kier alpha value is -4.73. The fraction of sp³-hybridized carbons (Fsp3) is 0.300. The summed E-state index contributed by atoms with van der Waals surface area (Å²) in [6.07, 6.45) is 0.269. The average Bonchev–Trinajstić information content (AvgIpc) is 2.97. The third-order valence-corrected chi connectivity index (χ3v) is 5.93. The van der Waals surface area contributed by atoms with Crippen molar-refractivity contribution < 1.29 is 33.3 Å². The maximum absolute atomic E-state index is 13.1. The molecule has 0 aliphatic heterocycles. The summed E-state index contributed by atoms with van der Waals surface area (Å²) >= 11 is 0. The molecule has 10 nitrogen and oxygen atoms in total. The Kier molecular flexibility index (Phi) is 11.2. The van der Waals surface area contributed by atoms with Crippen LogP contribution in [-0.2, 0) is 16.0 Å². The van der Waals surface area contributed by atoms with Crippen molar-refractivity contribution in [3.05, 3.63) is 77.9 Å². The molecule has 0 fully saturated rings. The van der Waals surface area contributed by atoms with Crippen LogP contribution in [0.5, 0.6) is 23.0 Å². The molecule has 0 spiro atoms. The largest absolute Gasteiger partial charge is 0.494 e. The van der Waals surface area contributed by atoms with Gasteiger partial charge < -0.3 is 34.9 Å². The number of anilines is 1. The van der Waals surface area contributed by atoms with Gasteiger partial charge in [-0.15, -0.1) is 0 Å². The molecule has 3 amide bonds. The van der Waals surface area contributed by atoms with E-state index in [9.17, 15) is 14.4 Å². The molecule has 40 heavy (non-hydrogen) atoms. The molecular formula is C30H35N3O7. The van der Waals surface area contributed by atoms with Gasteiger partial charge in [-0.05, 0) is 48.9 Å². The van der Waals surface area contributed by atoms with E-state index in [0.29, 0.717) is 41.7 Å². The third-order valence-electron chi connectivity index (χ3n) is 5.93. The number of ether oxygens (including phenoxy) is 4. The Morgan fingerprint density at radius 1 is 0.850 bits per heavy atom. The van der Waals surface area contributed by atoms with Crippen molar-refractivity contribution in [3.8, 4) is 23.0 Å². The van der Waals surface area contributed by atoms with Gasteiger partial charge in [0.1, 0.15) is 11.8 Å². The van der Waals surface area contributed by atoms with E-state index in [0.717, 1.165) is 5.56 Å². The molecule has 1 unspecified atom stereocenters. The fourth-order valence-corrected chi connectivity index (χ4v) is 3.96. The summed E-state index contributed by atoms with van der Waals surface area (Å²) in [6.45, 7) is 2.49. The molecule has 3 aromatic rings. The van der Waals surface area contributed by atoms with Crippen LogP contribution in [0.15, 0.2) is 66.7 Å². The van der Waals surface area contributed by atoms with Gasteiger partial charge in [-0.1, -0.05) is 30.3 Å². The minimum Gasteiger partial charge on any atom is -0.494 e.